The van der Waals surface area contributed by atoms with Crippen molar-refractivity contribution < 1.29 is 22.7 Å². The normalized spacial score (nSPS) is 13.8. The maximum absolute atomic E-state index is 12.6. The molecule has 8 nitrogen and oxygen atoms in total. The minimum atomic E-state index is -3.78. The maximum Gasteiger partial charge on any atom is 0.265 e. The number of amides is 1. The molecule has 0 saturated heterocycles. The second kappa shape index (κ2) is 6.33. The molecule has 0 aliphatic carbocycles. The molecule has 1 amide bonds. The van der Waals surface area contributed by atoms with Gasteiger partial charge in [0.1, 0.15) is 10.6 Å². The first-order chi connectivity index (χ1) is 12.1. The van der Waals surface area contributed by atoms with E-state index in [1.54, 1.807) is 7.05 Å². The number of carbonyl (C=O) groups is 1. The monoisotopic (exact) mass is 379 g/mol. The zero-order chi connectivity index (χ0) is 19.1. The zero-order valence-corrected chi connectivity index (χ0v) is 15.6. The molecule has 3 N–H and O–H groups in total. The Kier molecular flexibility index (Phi) is 4.45. The van der Waals surface area contributed by atoms with Crippen LogP contribution in [-0.2, 0) is 22.5 Å². The van der Waals surface area contributed by atoms with Crippen molar-refractivity contribution in [1.82, 2.24) is 9.29 Å². The molecule has 1 aromatic heterocycles. The number of fused-ring (bicyclic) bond motifs is 1. The third-order valence-corrected chi connectivity index (χ3v) is 5.77. The fraction of sp³-hybridized carbons (Fsp3) is 0.353. The van der Waals surface area contributed by atoms with Crippen molar-refractivity contribution >= 4 is 15.9 Å². The lowest BCUT2D eigenvalue weighted by molar-refractivity contribution is 0.0992. The number of nitrogens with two attached hydrogens (primary N) is 1. The molecule has 140 valence electrons. The molecule has 2 heterocycles. The van der Waals surface area contributed by atoms with Crippen molar-refractivity contribution in [1.29, 1.82) is 0 Å². The van der Waals surface area contributed by atoms with Crippen molar-refractivity contribution in [2.75, 3.05) is 13.3 Å². The van der Waals surface area contributed by atoms with Gasteiger partial charge in [-0.3, -0.25) is 4.79 Å². The van der Waals surface area contributed by atoms with Gasteiger partial charge in [-0.1, -0.05) is 19.9 Å². The van der Waals surface area contributed by atoms with Crippen LogP contribution in [0.1, 0.15) is 29.9 Å². The quantitative estimate of drug-likeness (QED) is 0.781. The number of nitrogens with one attached hydrogen (secondary N) is 1. The predicted octanol–water partition coefficient (Wildman–Crippen LogP) is 1.11. The minimum absolute atomic E-state index is 0.00436. The van der Waals surface area contributed by atoms with Gasteiger partial charge in [-0.15, -0.1) is 0 Å². The summed E-state index contributed by atoms with van der Waals surface area (Å²) in [6.45, 7) is 4.19. The molecule has 0 fully saturated rings. The van der Waals surface area contributed by atoms with Gasteiger partial charge in [-0.05, 0) is 23.8 Å². The number of sulfonamides is 1. The molecular formula is C17H21N3O5S. The Hall–Kier alpha value is -2.52. The highest BCUT2D eigenvalue weighted by Crippen LogP contribution is 2.36. The van der Waals surface area contributed by atoms with Gasteiger partial charge in [0.15, 0.2) is 11.5 Å². The molecule has 0 bridgehead atoms. The Morgan fingerprint density at radius 2 is 1.96 bits per heavy atom. The maximum atomic E-state index is 12.6. The molecule has 1 aliphatic rings. The van der Waals surface area contributed by atoms with Gasteiger partial charge in [0, 0.05) is 25.2 Å². The predicted molar refractivity (Wildman–Crippen MR) is 94.7 cm³/mol. The van der Waals surface area contributed by atoms with E-state index in [1.165, 1.54) is 16.8 Å². The lowest BCUT2D eigenvalue weighted by Crippen LogP contribution is -2.36. The number of benzene rings is 1. The van der Waals surface area contributed by atoms with Crippen LogP contribution in [0.2, 0.25) is 0 Å². The summed E-state index contributed by atoms with van der Waals surface area (Å²) in [4.78, 5) is 11.3. The van der Waals surface area contributed by atoms with E-state index in [0.29, 0.717) is 11.5 Å². The Balaban J connectivity index is 1.78. The molecule has 26 heavy (non-hydrogen) atoms. The lowest BCUT2D eigenvalue weighted by Gasteiger charge is -2.25. The lowest BCUT2D eigenvalue weighted by atomic mass is 9.85. The summed E-state index contributed by atoms with van der Waals surface area (Å²) in [5.41, 5.74) is 5.78. The molecule has 0 unspecified atom stereocenters. The van der Waals surface area contributed by atoms with Crippen molar-refractivity contribution in [3.05, 3.63) is 41.7 Å². The number of hydrogen-bond donors (Lipinski definition) is 2. The van der Waals surface area contributed by atoms with E-state index in [9.17, 15) is 13.2 Å². The van der Waals surface area contributed by atoms with Crippen LogP contribution >= 0.6 is 0 Å². The standard InChI is InChI=1S/C17H21N3O5S/c1-17(2,11-4-5-14-15(6-11)25-10-24-14)9-19-26(22,23)12-7-13(16(18)21)20(3)8-12/h4-8,19H,9-10H2,1-3H3,(H2,18,21). The smallest absolute Gasteiger partial charge is 0.265 e. The highest BCUT2D eigenvalue weighted by molar-refractivity contribution is 7.89. The van der Waals surface area contributed by atoms with Crippen molar-refractivity contribution in [3.63, 3.8) is 0 Å². The first kappa shape index (κ1) is 18.3. The van der Waals surface area contributed by atoms with E-state index in [2.05, 4.69) is 4.72 Å². The average Bonchev–Trinajstić information content (AvgIpc) is 3.19. The fourth-order valence-corrected chi connectivity index (χ4v) is 3.99. The summed E-state index contributed by atoms with van der Waals surface area (Å²) >= 11 is 0. The topological polar surface area (TPSA) is 113 Å². The third-order valence-electron chi connectivity index (χ3n) is 4.40. The molecule has 1 aromatic carbocycles. The van der Waals surface area contributed by atoms with Gasteiger partial charge < -0.3 is 19.8 Å². The highest BCUT2D eigenvalue weighted by atomic mass is 32.2. The Bertz CT molecular complexity index is 963. The van der Waals surface area contributed by atoms with Crippen LogP contribution in [0.4, 0.5) is 0 Å². The van der Waals surface area contributed by atoms with E-state index in [-0.39, 0.29) is 23.9 Å². The van der Waals surface area contributed by atoms with Gasteiger partial charge in [0.25, 0.3) is 5.91 Å². The molecule has 2 aromatic rings. The first-order valence-electron chi connectivity index (χ1n) is 7.96. The summed E-state index contributed by atoms with van der Waals surface area (Å²) in [5, 5.41) is 0. The average molecular weight is 379 g/mol. The van der Waals surface area contributed by atoms with Gasteiger partial charge in [-0.25, -0.2) is 13.1 Å². The van der Waals surface area contributed by atoms with Crippen LogP contribution in [0.15, 0.2) is 35.4 Å². The van der Waals surface area contributed by atoms with Gasteiger partial charge >= 0.3 is 0 Å². The van der Waals surface area contributed by atoms with Gasteiger partial charge in [-0.2, -0.15) is 0 Å². The number of hydrogen-bond acceptors (Lipinski definition) is 5. The summed E-state index contributed by atoms with van der Waals surface area (Å²) in [6.07, 6.45) is 1.36. The fourth-order valence-electron chi connectivity index (χ4n) is 2.70. The molecule has 9 heteroatoms. The number of aryl methyl sites for hydroxylation is 1. The van der Waals surface area contributed by atoms with E-state index < -0.39 is 21.3 Å². The number of nitrogens with zero attached hydrogens (tertiary/aromatic N) is 1. The summed E-state index contributed by atoms with van der Waals surface area (Å²) < 4.78 is 39.8. The van der Waals surface area contributed by atoms with Gasteiger partial charge in [0.2, 0.25) is 16.8 Å². The van der Waals surface area contributed by atoms with Crippen molar-refractivity contribution in [3.8, 4) is 11.5 Å². The van der Waals surface area contributed by atoms with Gasteiger partial charge in [0.05, 0.1) is 0 Å². The molecule has 1 aliphatic heterocycles. The number of carbonyl (C=O) groups excluding carboxylic acids is 1. The summed E-state index contributed by atoms with van der Waals surface area (Å²) in [5.74, 6) is 0.635. The van der Waals surface area contributed by atoms with E-state index in [0.717, 1.165) is 5.56 Å². The van der Waals surface area contributed by atoms with Crippen LogP contribution in [0.3, 0.4) is 0 Å². The van der Waals surface area contributed by atoms with E-state index in [4.69, 9.17) is 15.2 Å². The Morgan fingerprint density at radius 3 is 2.62 bits per heavy atom. The number of rotatable bonds is 6. The SMILES string of the molecule is Cn1cc(S(=O)(=O)NCC(C)(C)c2ccc3c(c2)OCO3)cc1C(N)=O. The third kappa shape index (κ3) is 3.40. The molecular weight excluding hydrogens is 358 g/mol. The molecule has 0 spiro atoms. The van der Waals surface area contributed by atoms with Crippen LogP contribution in [0.25, 0.3) is 0 Å². The first-order valence-corrected chi connectivity index (χ1v) is 9.44. The Morgan fingerprint density at radius 1 is 1.27 bits per heavy atom. The second-order valence-corrected chi connectivity index (χ2v) is 8.58. The van der Waals surface area contributed by atoms with E-state index >= 15 is 0 Å². The molecule has 3 rings (SSSR count). The van der Waals surface area contributed by atoms with Crippen LogP contribution in [0, 0.1) is 0 Å². The van der Waals surface area contributed by atoms with E-state index in [1.807, 2.05) is 32.0 Å². The summed E-state index contributed by atoms with van der Waals surface area (Å²) in [7, 11) is -2.22. The van der Waals surface area contributed by atoms with Crippen LogP contribution < -0.4 is 19.9 Å². The molecule has 0 atom stereocenters. The highest BCUT2D eigenvalue weighted by Gasteiger charge is 2.27. The second-order valence-electron chi connectivity index (χ2n) is 6.81. The van der Waals surface area contributed by atoms with Crippen molar-refractivity contribution in [2.24, 2.45) is 12.8 Å². The zero-order valence-electron chi connectivity index (χ0n) is 14.8. The largest absolute Gasteiger partial charge is 0.454 e. The molecule has 0 saturated carbocycles. The number of aromatic nitrogens is 1. The molecule has 0 radical (unpaired) electrons. The number of primary amides is 1. The Labute approximate surface area is 151 Å². The van der Waals surface area contributed by atoms with Crippen molar-refractivity contribution in [2.45, 2.75) is 24.2 Å². The minimum Gasteiger partial charge on any atom is -0.454 e. The van der Waals surface area contributed by atoms with Crippen LogP contribution in [-0.4, -0.2) is 32.2 Å². The summed E-state index contributed by atoms with van der Waals surface area (Å²) in [6, 6.07) is 6.81. The number of ether oxygens (including phenoxy) is 2. The van der Waals surface area contributed by atoms with Crippen LogP contribution in [0.5, 0.6) is 11.5 Å².